The molecule has 2 rings (SSSR count). The molecular formula is C15H13NO3. The number of benzene rings is 2. The quantitative estimate of drug-likeness (QED) is 0.879. The fraction of sp³-hybridized carbons (Fsp3) is 0.133. The molecule has 4 nitrogen and oxygen atoms in total. The Kier molecular flexibility index (Phi) is 4.14. The van der Waals surface area contributed by atoms with Gasteiger partial charge in [-0.1, -0.05) is 24.3 Å². The van der Waals surface area contributed by atoms with E-state index in [9.17, 15) is 5.11 Å². The average molecular weight is 255 g/mol. The molecule has 0 saturated heterocycles. The van der Waals surface area contributed by atoms with Gasteiger partial charge >= 0.3 is 0 Å². The molecule has 0 heterocycles. The van der Waals surface area contributed by atoms with Crippen LogP contribution >= 0.6 is 0 Å². The maximum atomic E-state index is 9.23. The Hall–Kier alpha value is -2.35. The number of hydrogen-bond donors (Lipinski definition) is 2. The summed E-state index contributed by atoms with van der Waals surface area (Å²) in [5.74, 6) is 0.916. The standard InChI is InChI=1S/C15H13NO3/c16-8-13-7-11(9-17)5-6-15(13)19-14-4-2-1-3-12(14)10-18/h1-7,17-18H,9-10H2. The highest BCUT2D eigenvalue weighted by Crippen LogP contribution is 2.28. The number of aliphatic hydroxyl groups excluding tert-OH is 2. The summed E-state index contributed by atoms with van der Waals surface area (Å²) in [6, 6.07) is 14.0. The van der Waals surface area contributed by atoms with Gasteiger partial charge < -0.3 is 14.9 Å². The van der Waals surface area contributed by atoms with Crippen LogP contribution in [0.15, 0.2) is 42.5 Å². The normalized spacial score (nSPS) is 9.95. The van der Waals surface area contributed by atoms with Gasteiger partial charge in [0.25, 0.3) is 0 Å². The van der Waals surface area contributed by atoms with Crippen LogP contribution in [0.2, 0.25) is 0 Å². The highest BCUT2D eigenvalue weighted by Gasteiger charge is 2.08. The molecule has 0 aromatic heterocycles. The van der Waals surface area contributed by atoms with Crippen molar-refractivity contribution in [2.24, 2.45) is 0 Å². The van der Waals surface area contributed by atoms with E-state index in [-0.39, 0.29) is 13.2 Å². The number of para-hydroxylation sites is 1. The molecule has 0 unspecified atom stereocenters. The van der Waals surface area contributed by atoms with Gasteiger partial charge in [-0.25, -0.2) is 0 Å². The Bertz CT molecular complexity index is 617. The van der Waals surface area contributed by atoms with Gasteiger partial charge in [0.2, 0.25) is 0 Å². The first-order chi connectivity index (χ1) is 9.28. The largest absolute Gasteiger partial charge is 0.456 e. The van der Waals surface area contributed by atoms with Crippen LogP contribution < -0.4 is 4.74 Å². The molecule has 2 N–H and O–H groups in total. The summed E-state index contributed by atoms with van der Waals surface area (Å²) in [6.07, 6.45) is 0. The number of ether oxygens (including phenoxy) is 1. The maximum absolute atomic E-state index is 9.23. The molecule has 0 aliphatic carbocycles. The molecular weight excluding hydrogens is 242 g/mol. The van der Waals surface area contributed by atoms with Crippen LogP contribution in [-0.2, 0) is 13.2 Å². The van der Waals surface area contributed by atoms with E-state index in [4.69, 9.17) is 15.1 Å². The second-order valence-electron chi connectivity index (χ2n) is 3.97. The molecule has 2 aromatic rings. The van der Waals surface area contributed by atoms with Crippen molar-refractivity contribution < 1.29 is 14.9 Å². The van der Waals surface area contributed by atoms with E-state index in [1.54, 1.807) is 42.5 Å². The fourth-order valence-corrected chi connectivity index (χ4v) is 1.70. The highest BCUT2D eigenvalue weighted by molar-refractivity contribution is 5.48. The van der Waals surface area contributed by atoms with E-state index in [1.807, 2.05) is 6.07 Å². The topological polar surface area (TPSA) is 73.5 Å². The average Bonchev–Trinajstić information content (AvgIpc) is 2.48. The van der Waals surface area contributed by atoms with E-state index in [0.29, 0.717) is 28.2 Å². The van der Waals surface area contributed by atoms with E-state index in [2.05, 4.69) is 0 Å². The molecule has 0 spiro atoms. The van der Waals surface area contributed by atoms with Crippen molar-refractivity contribution in [3.05, 3.63) is 59.2 Å². The molecule has 0 bridgehead atoms. The van der Waals surface area contributed by atoms with Crippen LogP contribution in [0.5, 0.6) is 11.5 Å². The van der Waals surface area contributed by atoms with E-state index in [0.717, 1.165) is 0 Å². The SMILES string of the molecule is N#Cc1cc(CO)ccc1Oc1ccccc1CO. The Morgan fingerprint density at radius 1 is 1.00 bits per heavy atom. The Labute approximate surface area is 111 Å². The summed E-state index contributed by atoms with van der Waals surface area (Å²) in [4.78, 5) is 0. The first kappa shape index (κ1) is 13.1. The molecule has 2 aromatic carbocycles. The lowest BCUT2D eigenvalue weighted by atomic mass is 10.1. The lowest BCUT2D eigenvalue weighted by Crippen LogP contribution is -1.94. The van der Waals surface area contributed by atoms with Crippen LogP contribution in [-0.4, -0.2) is 10.2 Å². The molecule has 0 aliphatic heterocycles. The molecule has 19 heavy (non-hydrogen) atoms. The van der Waals surface area contributed by atoms with Crippen LogP contribution in [0.1, 0.15) is 16.7 Å². The van der Waals surface area contributed by atoms with E-state index < -0.39 is 0 Å². The minimum absolute atomic E-state index is 0.123. The highest BCUT2D eigenvalue weighted by atomic mass is 16.5. The molecule has 0 atom stereocenters. The third kappa shape index (κ3) is 2.91. The third-order valence-electron chi connectivity index (χ3n) is 2.71. The van der Waals surface area contributed by atoms with Gasteiger partial charge in [0.05, 0.1) is 18.8 Å². The van der Waals surface area contributed by atoms with Crippen LogP contribution in [0, 0.1) is 11.3 Å². The zero-order valence-electron chi connectivity index (χ0n) is 10.2. The molecule has 0 saturated carbocycles. The predicted molar refractivity (Wildman–Crippen MR) is 69.5 cm³/mol. The number of hydrogen-bond acceptors (Lipinski definition) is 4. The van der Waals surface area contributed by atoms with Crippen molar-refractivity contribution in [1.82, 2.24) is 0 Å². The van der Waals surface area contributed by atoms with Gasteiger partial charge in [-0.3, -0.25) is 0 Å². The van der Waals surface area contributed by atoms with E-state index >= 15 is 0 Å². The Morgan fingerprint density at radius 3 is 2.47 bits per heavy atom. The van der Waals surface area contributed by atoms with Gasteiger partial charge in [-0.05, 0) is 23.8 Å². The van der Waals surface area contributed by atoms with Crippen LogP contribution in [0.25, 0.3) is 0 Å². The van der Waals surface area contributed by atoms with Crippen molar-refractivity contribution in [3.63, 3.8) is 0 Å². The summed E-state index contributed by atoms with van der Waals surface area (Å²) in [7, 11) is 0. The van der Waals surface area contributed by atoms with Crippen molar-refractivity contribution in [3.8, 4) is 17.6 Å². The van der Waals surface area contributed by atoms with Crippen molar-refractivity contribution in [1.29, 1.82) is 5.26 Å². The van der Waals surface area contributed by atoms with Crippen molar-refractivity contribution in [2.75, 3.05) is 0 Å². The third-order valence-corrected chi connectivity index (χ3v) is 2.71. The smallest absolute Gasteiger partial charge is 0.145 e. The second-order valence-corrected chi connectivity index (χ2v) is 3.97. The summed E-state index contributed by atoms with van der Waals surface area (Å²) in [6.45, 7) is -0.255. The van der Waals surface area contributed by atoms with E-state index in [1.165, 1.54) is 0 Å². The molecule has 0 radical (unpaired) electrons. The number of aliphatic hydroxyl groups is 2. The lowest BCUT2D eigenvalue weighted by Gasteiger charge is -2.11. The molecule has 0 aliphatic rings. The monoisotopic (exact) mass is 255 g/mol. The molecule has 0 fully saturated rings. The van der Waals surface area contributed by atoms with Gasteiger partial charge in [0.1, 0.15) is 17.6 Å². The lowest BCUT2D eigenvalue weighted by molar-refractivity contribution is 0.276. The fourth-order valence-electron chi connectivity index (χ4n) is 1.70. The van der Waals surface area contributed by atoms with Gasteiger partial charge in [-0.15, -0.1) is 0 Å². The minimum Gasteiger partial charge on any atom is -0.456 e. The van der Waals surface area contributed by atoms with Crippen molar-refractivity contribution >= 4 is 0 Å². The molecule has 96 valence electrons. The Balaban J connectivity index is 2.36. The first-order valence-electron chi connectivity index (χ1n) is 5.79. The molecule has 0 amide bonds. The summed E-state index contributed by atoms with van der Waals surface area (Å²) in [5.41, 5.74) is 1.65. The predicted octanol–water partition coefficient (Wildman–Crippen LogP) is 2.34. The zero-order chi connectivity index (χ0) is 13.7. The van der Waals surface area contributed by atoms with Gasteiger partial charge in [-0.2, -0.15) is 5.26 Å². The van der Waals surface area contributed by atoms with Gasteiger partial charge in [0.15, 0.2) is 0 Å². The summed E-state index contributed by atoms with van der Waals surface area (Å²) >= 11 is 0. The second kappa shape index (κ2) is 6.01. The molecule has 4 heteroatoms. The first-order valence-corrected chi connectivity index (χ1v) is 5.79. The number of nitrogens with zero attached hydrogens (tertiary/aromatic N) is 1. The summed E-state index contributed by atoms with van der Waals surface area (Å²) in [5, 5.41) is 27.3. The van der Waals surface area contributed by atoms with Crippen molar-refractivity contribution in [2.45, 2.75) is 13.2 Å². The van der Waals surface area contributed by atoms with Crippen LogP contribution in [0.3, 0.4) is 0 Å². The zero-order valence-corrected chi connectivity index (χ0v) is 10.2. The number of nitriles is 1. The summed E-state index contributed by atoms with van der Waals surface area (Å²) < 4.78 is 5.66. The minimum atomic E-state index is -0.132. The number of rotatable bonds is 4. The maximum Gasteiger partial charge on any atom is 0.145 e. The van der Waals surface area contributed by atoms with Gasteiger partial charge in [0, 0.05) is 5.56 Å². The van der Waals surface area contributed by atoms with Crippen LogP contribution in [0.4, 0.5) is 0 Å². The Morgan fingerprint density at radius 2 is 1.79 bits per heavy atom.